The number of hydrogen-bond donors (Lipinski definition) is 1. The van der Waals surface area contributed by atoms with Crippen molar-refractivity contribution < 1.29 is 19.3 Å². The highest BCUT2D eigenvalue weighted by Gasteiger charge is 2.75. The number of aliphatic hydroxyl groups is 1. The Hall–Kier alpha value is -1.91. The van der Waals surface area contributed by atoms with Crippen molar-refractivity contribution in [1.82, 2.24) is 4.90 Å². The molecule has 0 amide bonds. The molecular formula is C20H20N2O4. The van der Waals surface area contributed by atoms with Crippen molar-refractivity contribution >= 4 is 0 Å². The number of nitrogens with zero attached hydrogens (tertiary/aromatic N) is 2. The van der Waals surface area contributed by atoms with E-state index in [1.54, 1.807) is 0 Å². The number of likely N-dealkylation sites (N-methyl/N-ethyl adjacent to an activating group) is 1. The van der Waals surface area contributed by atoms with Crippen LogP contribution in [-0.4, -0.2) is 60.3 Å². The lowest BCUT2D eigenvalue weighted by molar-refractivity contribution is -0.237. The van der Waals surface area contributed by atoms with Gasteiger partial charge in [-0.25, -0.2) is 0 Å². The number of hydrogen-bond acceptors (Lipinski definition) is 6. The van der Waals surface area contributed by atoms with E-state index >= 15 is 0 Å². The molecule has 0 radical (unpaired) electrons. The molecule has 134 valence electrons. The van der Waals surface area contributed by atoms with Crippen LogP contribution < -0.4 is 4.74 Å². The summed E-state index contributed by atoms with van der Waals surface area (Å²) in [7, 11) is 2.07. The fraction of sp³-hybridized carbons (Fsp3) is 0.550. The summed E-state index contributed by atoms with van der Waals surface area (Å²) < 4.78 is 18.5. The molecule has 6 rings (SSSR count). The third-order valence-corrected chi connectivity index (χ3v) is 7.19. The van der Waals surface area contributed by atoms with Gasteiger partial charge in [-0.05, 0) is 50.2 Å². The van der Waals surface area contributed by atoms with E-state index in [0.29, 0.717) is 24.5 Å². The van der Waals surface area contributed by atoms with Gasteiger partial charge in [-0.2, -0.15) is 5.26 Å². The standard InChI is InChI=1S/C20H20N2O4/c1-22-7-6-18-15-12-2-3-13(11-21)16(15)26-17(18)20(24-8-9-25-20)5-4-19(18,23)14(22)10-12/h2-5,14,17,23H,6-10H2,1H3/t14-,17?,18+,19?/m1/s1. The number of fused-ring (bicyclic) bond motifs is 1. The van der Waals surface area contributed by atoms with Crippen molar-refractivity contribution in [3.8, 4) is 11.8 Å². The van der Waals surface area contributed by atoms with Gasteiger partial charge in [-0.3, -0.25) is 4.90 Å². The summed E-state index contributed by atoms with van der Waals surface area (Å²) in [5, 5.41) is 21.6. The molecule has 0 saturated carbocycles. The van der Waals surface area contributed by atoms with Gasteiger partial charge in [0.05, 0.1) is 24.2 Å². The van der Waals surface area contributed by atoms with Crippen molar-refractivity contribution in [3.05, 3.63) is 41.0 Å². The molecular weight excluding hydrogens is 332 g/mol. The molecule has 0 aromatic heterocycles. The Labute approximate surface area is 151 Å². The highest BCUT2D eigenvalue weighted by Crippen LogP contribution is 2.65. The maximum atomic E-state index is 12.0. The van der Waals surface area contributed by atoms with Gasteiger partial charge in [-0.15, -0.1) is 0 Å². The Balaban J connectivity index is 1.71. The smallest absolute Gasteiger partial charge is 0.227 e. The van der Waals surface area contributed by atoms with E-state index < -0.39 is 22.9 Å². The highest BCUT2D eigenvalue weighted by molar-refractivity contribution is 5.65. The molecule has 2 saturated heterocycles. The Bertz CT molecular complexity index is 900. The van der Waals surface area contributed by atoms with Crippen LogP contribution in [0.4, 0.5) is 0 Å². The lowest BCUT2D eigenvalue weighted by atomic mass is 9.50. The number of benzene rings is 1. The van der Waals surface area contributed by atoms with Crippen LogP contribution in [0.3, 0.4) is 0 Å². The van der Waals surface area contributed by atoms with Crippen molar-refractivity contribution in [2.24, 2.45) is 0 Å². The van der Waals surface area contributed by atoms with Gasteiger partial charge in [0, 0.05) is 11.6 Å². The van der Waals surface area contributed by atoms with Gasteiger partial charge in [0.1, 0.15) is 17.4 Å². The highest BCUT2D eigenvalue weighted by atomic mass is 16.8. The summed E-state index contributed by atoms with van der Waals surface area (Å²) in [4.78, 5) is 2.24. The average Bonchev–Trinajstić information content (AvgIpc) is 3.24. The zero-order valence-electron chi connectivity index (χ0n) is 14.6. The Morgan fingerprint density at radius 1 is 1.27 bits per heavy atom. The molecule has 2 spiro atoms. The molecule has 3 heterocycles. The van der Waals surface area contributed by atoms with Crippen LogP contribution >= 0.6 is 0 Å². The summed E-state index contributed by atoms with van der Waals surface area (Å²) in [5.41, 5.74) is 0.944. The Morgan fingerprint density at radius 3 is 2.85 bits per heavy atom. The van der Waals surface area contributed by atoms with Crippen molar-refractivity contribution in [1.29, 1.82) is 5.26 Å². The minimum Gasteiger partial charge on any atom is -0.482 e. The first-order chi connectivity index (χ1) is 12.6. The summed E-state index contributed by atoms with van der Waals surface area (Å²) in [6.07, 6.45) is 4.70. The fourth-order valence-corrected chi connectivity index (χ4v) is 6.08. The fourth-order valence-electron chi connectivity index (χ4n) is 6.08. The summed E-state index contributed by atoms with van der Waals surface area (Å²) in [5.74, 6) is -0.383. The van der Waals surface area contributed by atoms with E-state index in [4.69, 9.17) is 14.2 Å². The lowest BCUT2D eigenvalue weighted by Crippen LogP contribution is -2.77. The van der Waals surface area contributed by atoms with Gasteiger partial charge in [0.2, 0.25) is 5.79 Å². The van der Waals surface area contributed by atoms with Crippen LogP contribution in [0.1, 0.15) is 23.1 Å². The van der Waals surface area contributed by atoms with Crippen molar-refractivity contribution in [2.75, 3.05) is 26.8 Å². The molecule has 2 aliphatic carbocycles. The molecule has 6 heteroatoms. The number of likely N-dealkylation sites (tertiary alicyclic amines) is 1. The van der Waals surface area contributed by atoms with E-state index in [-0.39, 0.29) is 6.04 Å². The SMILES string of the molecule is CN1CC[C@]23c4c5ccc(C#N)c4OC2C2(C=CC3(O)[C@H]1C5)OCCO2. The van der Waals surface area contributed by atoms with E-state index in [1.165, 1.54) is 0 Å². The molecule has 26 heavy (non-hydrogen) atoms. The quantitative estimate of drug-likeness (QED) is 0.698. The molecule has 6 nitrogen and oxygen atoms in total. The third-order valence-electron chi connectivity index (χ3n) is 7.19. The maximum Gasteiger partial charge on any atom is 0.227 e. The first-order valence-electron chi connectivity index (χ1n) is 9.20. The van der Waals surface area contributed by atoms with Crippen molar-refractivity contribution in [3.63, 3.8) is 0 Å². The van der Waals surface area contributed by atoms with Crippen LogP contribution in [0.5, 0.6) is 5.75 Å². The third kappa shape index (κ3) is 1.39. The number of rotatable bonds is 0. The topological polar surface area (TPSA) is 75.0 Å². The van der Waals surface area contributed by atoms with Gasteiger partial charge >= 0.3 is 0 Å². The number of nitriles is 1. The van der Waals surface area contributed by atoms with Gasteiger partial charge in [-0.1, -0.05) is 6.07 Å². The average molecular weight is 352 g/mol. The van der Waals surface area contributed by atoms with Crippen molar-refractivity contribution in [2.45, 2.75) is 41.8 Å². The minimum absolute atomic E-state index is 0.0382. The molecule has 3 aliphatic heterocycles. The van der Waals surface area contributed by atoms with E-state index in [0.717, 1.165) is 30.5 Å². The molecule has 1 N–H and O–H groups in total. The summed E-state index contributed by atoms with van der Waals surface area (Å²) in [6, 6.07) is 6.07. The maximum absolute atomic E-state index is 12.0. The molecule has 5 aliphatic rings. The Morgan fingerprint density at radius 2 is 2.08 bits per heavy atom. The molecule has 1 aromatic rings. The first-order valence-corrected chi connectivity index (χ1v) is 9.20. The monoisotopic (exact) mass is 352 g/mol. The van der Waals surface area contributed by atoms with Gasteiger partial charge in [0.25, 0.3) is 0 Å². The van der Waals surface area contributed by atoms with E-state index in [1.807, 2.05) is 24.3 Å². The van der Waals surface area contributed by atoms with Crippen LogP contribution in [0.15, 0.2) is 24.3 Å². The van der Waals surface area contributed by atoms with Crippen LogP contribution in [0.2, 0.25) is 0 Å². The van der Waals surface area contributed by atoms with Crippen LogP contribution in [0.25, 0.3) is 0 Å². The second-order valence-electron chi connectivity index (χ2n) is 8.08. The number of ether oxygens (including phenoxy) is 3. The zero-order valence-corrected chi connectivity index (χ0v) is 14.6. The second kappa shape index (κ2) is 4.49. The first kappa shape index (κ1) is 15.2. The van der Waals surface area contributed by atoms with E-state index in [2.05, 4.69) is 18.0 Å². The predicted octanol–water partition coefficient (Wildman–Crippen LogP) is 0.861. The zero-order chi connectivity index (χ0) is 17.7. The molecule has 1 aromatic carbocycles. The van der Waals surface area contributed by atoms with E-state index in [9.17, 15) is 10.4 Å². The van der Waals surface area contributed by atoms with Gasteiger partial charge < -0.3 is 19.3 Å². The molecule has 2 unspecified atom stereocenters. The largest absolute Gasteiger partial charge is 0.482 e. The normalized spacial score (nSPS) is 41.0. The number of piperidine rings is 1. The minimum atomic E-state index is -1.07. The Kier molecular flexibility index (Phi) is 2.62. The molecule has 2 fully saturated rings. The summed E-state index contributed by atoms with van der Waals surface area (Å²) >= 11 is 0. The summed E-state index contributed by atoms with van der Waals surface area (Å²) in [6.45, 7) is 1.85. The lowest BCUT2D eigenvalue weighted by Gasteiger charge is -2.62. The second-order valence-corrected chi connectivity index (χ2v) is 8.08. The molecule has 2 bridgehead atoms. The predicted molar refractivity (Wildman–Crippen MR) is 90.7 cm³/mol. The van der Waals surface area contributed by atoms with Crippen LogP contribution in [0, 0.1) is 11.3 Å². The van der Waals surface area contributed by atoms with Crippen LogP contribution in [-0.2, 0) is 21.3 Å². The molecule has 4 atom stereocenters. The van der Waals surface area contributed by atoms with Gasteiger partial charge in [0.15, 0.2) is 6.10 Å².